The largest absolute Gasteiger partial charge is 0.299 e. The van der Waals surface area contributed by atoms with Crippen LogP contribution in [0.1, 0.15) is 22.3 Å². The zero-order valence-corrected chi connectivity index (χ0v) is 37.6. The van der Waals surface area contributed by atoms with Gasteiger partial charge in [-0.15, -0.1) is 0 Å². The van der Waals surface area contributed by atoms with E-state index >= 15 is 0 Å². The first-order valence-electron chi connectivity index (χ1n) is 23.5. The van der Waals surface area contributed by atoms with Gasteiger partial charge in [0.05, 0.1) is 16.9 Å². The maximum atomic E-state index is 4.76. The van der Waals surface area contributed by atoms with Crippen molar-refractivity contribution < 1.29 is 0 Å². The molecule has 0 spiro atoms. The first-order valence-corrected chi connectivity index (χ1v) is 23.5. The van der Waals surface area contributed by atoms with Gasteiger partial charge in [-0.3, -0.25) is 9.38 Å². The van der Waals surface area contributed by atoms with Gasteiger partial charge in [0, 0.05) is 47.3 Å². The number of hydrogen-bond acceptors (Lipinski definition) is 3. The van der Waals surface area contributed by atoms with Crippen LogP contribution in [0.2, 0.25) is 0 Å². The first-order chi connectivity index (χ1) is 33.7. The summed E-state index contributed by atoms with van der Waals surface area (Å²) in [6, 6.07) is 75.2. The monoisotopic (exact) mass is 873 g/mol. The fraction of sp³-hybridized carbons (Fsp3) is 0.0635. The highest BCUT2D eigenvalue weighted by Gasteiger charge is 2.17. The van der Waals surface area contributed by atoms with E-state index in [1.165, 1.54) is 82.9 Å². The lowest BCUT2D eigenvalue weighted by Crippen LogP contribution is -1.99. The van der Waals surface area contributed by atoms with Gasteiger partial charge in [-0.2, -0.15) is 5.10 Å². The smallest absolute Gasteiger partial charge is 0.145 e. The van der Waals surface area contributed by atoms with Crippen molar-refractivity contribution in [3.8, 4) is 61.5 Å². The van der Waals surface area contributed by atoms with Crippen LogP contribution in [-0.2, 0) is 25.7 Å². The molecule has 0 aliphatic carbocycles. The average Bonchev–Trinajstić information content (AvgIpc) is 4.15. The van der Waals surface area contributed by atoms with Crippen molar-refractivity contribution in [1.82, 2.24) is 24.1 Å². The van der Waals surface area contributed by atoms with Crippen LogP contribution in [0.3, 0.4) is 0 Å². The molecule has 68 heavy (non-hydrogen) atoms. The van der Waals surface area contributed by atoms with Crippen molar-refractivity contribution in [1.29, 1.82) is 0 Å². The minimum absolute atomic E-state index is 0.911. The molecule has 0 radical (unpaired) electrons. The molecule has 0 unspecified atom stereocenters. The molecular weight excluding hydrogens is 827 g/mol. The maximum absolute atomic E-state index is 4.76. The van der Waals surface area contributed by atoms with E-state index in [0.29, 0.717) is 0 Å². The molecule has 0 saturated carbocycles. The summed E-state index contributed by atoms with van der Waals surface area (Å²) in [6.07, 6.45) is 13.3. The molecule has 0 saturated heterocycles. The number of aryl methyl sites for hydroxylation is 4. The molecule has 0 amide bonds. The minimum Gasteiger partial charge on any atom is -0.299 e. The lowest BCUT2D eigenvalue weighted by molar-refractivity contribution is 0.876. The predicted molar refractivity (Wildman–Crippen MR) is 280 cm³/mol. The summed E-state index contributed by atoms with van der Waals surface area (Å²) in [6.45, 7) is 0. The highest BCUT2D eigenvalue weighted by molar-refractivity contribution is 6.11. The Balaban J connectivity index is 0.932. The van der Waals surface area contributed by atoms with Gasteiger partial charge >= 0.3 is 0 Å². The molecule has 5 nitrogen and oxygen atoms in total. The van der Waals surface area contributed by atoms with Crippen LogP contribution in [0.15, 0.2) is 237 Å². The van der Waals surface area contributed by atoms with E-state index in [2.05, 4.69) is 210 Å². The standard InChI is InChI=1S/C63H47N5/c1-2-11-48(12-3-1)49-25-27-50(28-26-49)59-43-51(61-16-8-9-34-64-61)29-33-56(59)55-14-5-4-13-54(55)52-40-46(20-18-44-22-30-53(31-23-44)68-37-10-35-66-68)39-47(41-52)21-19-45-24-32-58-60(42-45)57-15-6-7-17-62(57)67-38-36-65-63(58)67/h1-17,22-43H,18-21H2. The van der Waals surface area contributed by atoms with Crippen molar-refractivity contribution in [3.05, 3.63) is 259 Å². The second kappa shape index (κ2) is 18.0. The maximum Gasteiger partial charge on any atom is 0.145 e. The second-order valence-corrected chi connectivity index (χ2v) is 17.6. The van der Waals surface area contributed by atoms with Crippen molar-refractivity contribution in [2.75, 3.05) is 0 Å². The molecule has 4 heterocycles. The van der Waals surface area contributed by atoms with Crippen LogP contribution in [0.4, 0.5) is 0 Å². The molecular formula is C63H47N5. The zero-order chi connectivity index (χ0) is 45.2. The van der Waals surface area contributed by atoms with E-state index in [1.807, 2.05) is 41.6 Å². The fourth-order valence-corrected chi connectivity index (χ4v) is 9.95. The zero-order valence-electron chi connectivity index (χ0n) is 37.6. The number of para-hydroxylation sites is 1. The van der Waals surface area contributed by atoms with Crippen molar-refractivity contribution in [3.63, 3.8) is 0 Å². The normalized spacial score (nSPS) is 11.5. The molecule has 0 aliphatic rings. The van der Waals surface area contributed by atoms with E-state index in [-0.39, 0.29) is 0 Å². The molecule has 0 bridgehead atoms. The highest BCUT2D eigenvalue weighted by atomic mass is 15.3. The molecule has 324 valence electrons. The number of hydrogen-bond donors (Lipinski definition) is 0. The summed E-state index contributed by atoms with van der Waals surface area (Å²) in [5, 5.41) is 8.10. The molecule has 0 aliphatic heterocycles. The van der Waals surface area contributed by atoms with Gasteiger partial charge in [0.25, 0.3) is 0 Å². The fourth-order valence-electron chi connectivity index (χ4n) is 9.95. The van der Waals surface area contributed by atoms with Crippen LogP contribution in [0.25, 0.3) is 88.8 Å². The molecule has 0 atom stereocenters. The summed E-state index contributed by atoms with van der Waals surface area (Å²) in [5.41, 5.74) is 20.1. The third-order valence-electron chi connectivity index (χ3n) is 13.4. The van der Waals surface area contributed by atoms with E-state index in [1.54, 1.807) is 0 Å². The van der Waals surface area contributed by atoms with Crippen LogP contribution in [-0.4, -0.2) is 24.1 Å². The van der Waals surface area contributed by atoms with E-state index in [9.17, 15) is 0 Å². The number of aromatic nitrogens is 5. The number of nitrogens with zero attached hydrogens (tertiary/aromatic N) is 5. The van der Waals surface area contributed by atoms with E-state index < -0.39 is 0 Å². The Labute approximate surface area is 396 Å². The molecule has 0 N–H and O–H groups in total. The number of imidazole rings is 1. The predicted octanol–water partition coefficient (Wildman–Crippen LogP) is 15.1. The van der Waals surface area contributed by atoms with Gasteiger partial charge < -0.3 is 0 Å². The summed E-state index contributed by atoms with van der Waals surface area (Å²) >= 11 is 0. The molecule has 5 heteroatoms. The summed E-state index contributed by atoms with van der Waals surface area (Å²) in [4.78, 5) is 9.51. The minimum atomic E-state index is 0.911. The third kappa shape index (κ3) is 8.05. The van der Waals surface area contributed by atoms with Crippen LogP contribution >= 0.6 is 0 Å². The van der Waals surface area contributed by atoms with Gasteiger partial charge in [0.2, 0.25) is 0 Å². The Morgan fingerprint density at radius 1 is 0.338 bits per heavy atom. The van der Waals surface area contributed by atoms with Crippen molar-refractivity contribution in [2.24, 2.45) is 0 Å². The number of benzene rings is 8. The number of rotatable bonds is 12. The Hall–Kier alpha value is -8.67. The Kier molecular flexibility index (Phi) is 10.8. The first kappa shape index (κ1) is 40.8. The average molecular weight is 874 g/mol. The van der Waals surface area contributed by atoms with E-state index in [0.717, 1.165) is 53.8 Å². The molecule has 0 fully saturated rings. The Morgan fingerprint density at radius 2 is 1.01 bits per heavy atom. The lowest BCUT2D eigenvalue weighted by atomic mass is 9.86. The Morgan fingerprint density at radius 3 is 1.81 bits per heavy atom. The van der Waals surface area contributed by atoms with Gasteiger partial charge in [0.1, 0.15) is 5.65 Å². The van der Waals surface area contributed by atoms with Gasteiger partial charge in [-0.05, 0) is 140 Å². The summed E-state index contributed by atoms with van der Waals surface area (Å²) in [5.74, 6) is 0. The Bertz CT molecular complexity index is 3700. The van der Waals surface area contributed by atoms with Gasteiger partial charge in [-0.1, -0.05) is 164 Å². The SMILES string of the molecule is c1ccc(-c2ccc(-c3cc(-c4ccccn4)ccc3-c3ccccc3-c3cc(CCc4ccc(-n5cccn5)cc4)cc(CCc4ccc5c(c4)c4ccccc4n4ccnc54)c3)cc2)cc1. The lowest BCUT2D eigenvalue weighted by Gasteiger charge is -2.18. The van der Waals surface area contributed by atoms with Crippen LogP contribution < -0.4 is 0 Å². The quantitative estimate of drug-likeness (QED) is 0.115. The summed E-state index contributed by atoms with van der Waals surface area (Å²) < 4.78 is 4.11. The summed E-state index contributed by atoms with van der Waals surface area (Å²) in [7, 11) is 0. The van der Waals surface area contributed by atoms with Gasteiger partial charge in [0.15, 0.2) is 0 Å². The van der Waals surface area contributed by atoms with Crippen molar-refractivity contribution >= 4 is 27.3 Å². The van der Waals surface area contributed by atoms with E-state index in [4.69, 9.17) is 9.97 Å². The highest BCUT2D eigenvalue weighted by Crippen LogP contribution is 2.41. The van der Waals surface area contributed by atoms with Gasteiger partial charge in [-0.25, -0.2) is 9.67 Å². The van der Waals surface area contributed by atoms with Crippen LogP contribution in [0.5, 0.6) is 0 Å². The number of fused-ring (bicyclic) bond motifs is 6. The third-order valence-corrected chi connectivity index (χ3v) is 13.4. The molecule has 8 aromatic carbocycles. The van der Waals surface area contributed by atoms with Crippen LogP contribution in [0, 0.1) is 0 Å². The molecule has 4 aromatic heterocycles. The topological polar surface area (TPSA) is 48.0 Å². The van der Waals surface area contributed by atoms with Crippen molar-refractivity contribution in [2.45, 2.75) is 25.7 Å². The molecule has 12 aromatic rings. The number of pyridine rings is 2. The second-order valence-electron chi connectivity index (χ2n) is 17.6. The molecule has 12 rings (SSSR count).